The summed E-state index contributed by atoms with van der Waals surface area (Å²) in [7, 11) is 1.60. The largest absolute Gasteiger partial charge is 0.497 e. The highest BCUT2D eigenvalue weighted by atomic mass is 16.5. The first kappa shape index (κ1) is 17.4. The number of carbonyl (C=O) groups is 1. The number of carbonyl (C=O) groups excluding carboxylic acids is 1. The van der Waals surface area contributed by atoms with Crippen LogP contribution in [0.15, 0.2) is 67.0 Å². The van der Waals surface area contributed by atoms with Gasteiger partial charge in [0.2, 0.25) is 0 Å². The van der Waals surface area contributed by atoms with E-state index in [1.807, 2.05) is 42.2 Å². The van der Waals surface area contributed by atoms with Crippen molar-refractivity contribution in [1.29, 1.82) is 0 Å². The van der Waals surface area contributed by atoms with Crippen LogP contribution < -0.4 is 15.0 Å². The first-order chi connectivity index (χ1) is 12.7. The smallest absolute Gasteiger partial charge is 0.275 e. The van der Waals surface area contributed by atoms with E-state index in [-0.39, 0.29) is 11.6 Å². The van der Waals surface area contributed by atoms with Gasteiger partial charge in [0.15, 0.2) is 5.82 Å². The molecule has 6 heteroatoms. The van der Waals surface area contributed by atoms with Crippen molar-refractivity contribution >= 4 is 23.1 Å². The minimum absolute atomic E-state index is 0.258. The van der Waals surface area contributed by atoms with Crippen LogP contribution in [-0.4, -0.2) is 29.5 Å². The highest BCUT2D eigenvalue weighted by Crippen LogP contribution is 2.22. The molecule has 0 atom stereocenters. The molecule has 1 N–H and O–H groups in total. The molecule has 26 heavy (non-hydrogen) atoms. The Balaban J connectivity index is 1.72. The van der Waals surface area contributed by atoms with Crippen molar-refractivity contribution in [1.82, 2.24) is 9.97 Å². The number of amides is 1. The second-order valence-electron chi connectivity index (χ2n) is 5.52. The van der Waals surface area contributed by atoms with Crippen molar-refractivity contribution in [2.24, 2.45) is 0 Å². The second-order valence-corrected chi connectivity index (χ2v) is 5.52. The Hall–Kier alpha value is -3.41. The van der Waals surface area contributed by atoms with Crippen LogP contribution in [0.3, 0.4) is 0 Å². The lowest BCUT2D eigenvalue weighted by molar-refractivity contribution is 0.102. The Morgan fingerprint density at radius 1 is 1.04 bits per heavy atom. The highest BCUT2D eigenvalue weighted by molar-refractivity contribution is 6.02. The van der Waals surface area contributed by atoms with Crippen LogP contribution in [0.5, 0.6) is 5.75 Å². The number of para-hydroxylation sites is 1. The van der Waals surface area contributed by atoms with Gasteiger partial charge in [0.1, 0.15) is 11.4 Å². The number of nitrogens with one attached hydrogen (secondary N) is 1. The average molecular weight is 348 g/mol. The monoisotopic (exact) mass is 348 g/mol. The molecular weight excluding hydrogens is 328 g/mol. The molecule has 3 aromatic rings. The zero-order valence-corrected chi connectivity index (χ0v) is 14.7. The van der Waals surface area contributed by atoms with Gasteiger partial charge < -0.3 is 15.0 Å². The summed E-state index contributed by atoms with van der Waals surface area (Å²) in [5, 5.41) is 2.79. The normalized spacial score (nSPS) is 10.2. The molecule has 0 bridgehead atoms. The molecule has 0 saturated carbocycles. The minimum atomic E-state index is -0.308. The number of nitrogens with zero attached hydrogens (tertiary/aromatic N) is 3. The molecular formula is C20H20N4O2. The second kappa shape index (κ2) is 8.11. The quantitative estimate of drug-likeness (QED) is 0.732. The van der Waals surface area contributed by atoms with Gasteiger partial charge in [-0.25, -0.2) is 9.97 Å². The minimum Gasteiger partial charge on any atom is -0.497 e. The van der Waals surface area contributed by atoms with E-state index < -0.39 is 0 Å². The summed E-state index contributed by atoms with van der Waals surface area (Å²) < 4.78 is 5.10. The van der Waals surface area contributed by atoms with Gasteiger partial charge >= 0.3 is 0 Å². The zero-order valence-electron chi connectivity index (χ0n) is 14.7. The number of rotatable bonds is 6. The van der Waals surface area contributed by atoms with Crippen molar-refractivity contribution in [3.63, 3.8) is 0 Å². The van der Waals surface area contributed by atoms with Crippen LogP contribution in [0, 0.1) is 0 Å². The molecule has 6 nitrogen and oxygen atoms in total. The number of aromatic nitrogens is 2. The predicted octanol–water partition coefficient (Wildman–Crippen LogP) is 3.90. The maximum atomic E-state index is 12.3. The van der Waals surface area contributed by atoms with Crippen molar-refractivity contribution in [3.8, 4) is 5.75 Å². The van der Waals surface area contributed by atoms with Gasteiger partial charge in [0.25, 0.3) is 5.91 Å². The fourth-order valence-electron chi connectivity index (χ4n) is 2.53. The Bertz CT molecular complexity index is 849. The molecule has 0 spiro atoms. The van der Waals surface area contributed by atoms with Gasteiger partial charge in [-0.15, -0.1) is 0 Å². The van der Waals surface area contributed by atoms with E-state index in [9.17, 15) is 4.79 Å². The molecule has 0 aliphatic rings. The van der Waals surface area contributed by atoms with E-state index in [1.54, 1.807) is 37.6 Å². The maximum absolute atomic E-state index is 12.3. The van der Waals surface area contributed by atoms with E-state index in [0.717, 1.165) is 18.0 Å². The Morgan fingerprint density at radius 2 is 1.77 bits per heavy atom. The first-order valence-electron chi connectivity index (χ1n) is 8.31. The van der Waals surface area contributed by atoms with E-state index in [4.69, 9.17) is 4.74 Å². The van der Waals surface area contributed by atoms with Crippen molar-refractivity contribution in [3.05, 3.63) is 72.7 Å². The Morgan fingerprint density at radius 3 is 2.35 bits per heavy atom. The third kappa shape index (κ3) is 3.97. The van der Waals surface area contributed by atoms with Crippen LogP contribution in [-0.2, 0) is 0 Å². The number of ether oxygens (including phenoxy) is 1. The van der Waals surface area contributed by atoms with Crippen LogP contribution in [0.2, 0.25) is 0 Å². The Labute approximate surface area is 152 Å². The van der Waals surface area contributed by atoms with Gasteiger partial charge in [0, 0.05) is 17.9 Å². The number of methoxy groups -OCH3 is 1. The lowest BCUT2D eigenvalue weighted by Gasteiger charge is -2.21. The standard InChI is InChI=1S/C20H20N4O2/c1-3-24(16-7-5-4-6-8-16)19-14-21-18(13-22-19)20(25)23-15-9-11-17(26-2)12-10-15/h4-14H,3H2,1-2H3,(H,23,25). The zero-order chi connectivity index (χ0) is 18.4. The molecule has 0 aliphatic heterocycles. The third-order valence-electron chi connectivity index (χ3n) is 3.88. The molecule has 0 saturated heterocycles. The van der Waals surface area contributed by atoms with Crippen molar-refractivity contribution in [2.75, 3.05) is 23.9 Å². The summed E-state index contributed by atoms with van der Waals surface area (Å²) in [6, 6.07) is 17.0. The summed E-state index contributed by atoms with van der Waals surface area (Å²) in [6.45, 7) is 2.79. The van der Waals surface area contributed by atoms with Crippen molar-refractivity contribution < 1.29 is 9.53 Å². The molecule has 3 rings (SSSR count). The van der Waals surface area contributed by atoms with E-state index in [1.165, 1.54) is 6.20 Å². The molecule has 0 radical (unpaired) electrons. The first-order valence-corrected chi connectivity index (χ1v) is 8.31. The fraction of sp³-hybridized carbons (Fsp3) is 0.150. The van der Waals surface area contributed by atoms with Gasteiger partial charge in [-0.2, -0.15) is 0 Å². The molecule has 1 heterocycles. The summed E-state index contributed by atoms with van der Waals surface area (Å²) >= 11 is 0. The summed E-state index contributed by atoms with van der Waals surface area (Å²) in [6.07, 6.45) is 3.10. The summed E-state index contributed by atoms with van der Waals surface area (Å²) in [5.74, 6) is 1.12. The van der Waals surface area contributed by atoms with E-state index in [0.29, 0.717) is 11.5 Å². The van der Waals surface area contributed by atoms with Crippen molar-refractivity contribution in [2.45, 2.75) is 6.92 Å². The lowest BCUT2D eigenvalue weighted by Crippen LogP contribution is -2.19. The van der Waals surface area contributed by atoms with Gasteiger partial charge in [0.05, 0.1) is 19.5 Å². The van der Waals surface area contributed by atoms with E-state index in [2.05, 4.69) is 15.3 Å². The van der Waals surface area contributed by atoms with Crippen LogP contribution in [0.1, 0.15) is 17.4 Å². The van der Waals surface area contributed by atoms with Gasteiger partial charge in [-0.1, -0.05) is 18.2 Å². The molecule has 1 aromatic heterocycles. The molecule has 0 unspecified atom stereocenters. The van der Waals surface area contributed by atoms with Gasteiger partial charge in [-0.05, 0) is 43.3 Å². The molecule has 0 aliphatic carbocycles. The highest BCUT2D eigenvalue weighted by Gasteiger charge is 2.12. The molecule has 0 fully saturated rings. The van der Waals surface area contributed by atoms with Crippen LogP contribution in [0.4, 0.5) is 17.2 Å². The number of anilines is 3. The summed E-state index contributed by atoms with van der Waals surface area (Å²) in [5.41, 5.74) is 1.95. The maximum Gasteiger partial charge on any atom is 0.275 e. The summed E-state index contributed by atoms with van der Waals surface area (Å²) in [4.78, 5) is 23.0. The average Bonchev–Trinajstić information content (AvgIpc) is 2.70. The fourth-order valence-corrected chi connectivity index (χ4v) is 2.53. The number of hydrogen-bond donors (Lipinski definition) is 1. The van der Waals surface area contributed by atoms with Crippen LogP contribution >= 0.6 is 0 Å². The van der Waals surface area contributed by atoms with E-state index >= 15 is 0 Å². The van der Waals surface area contributed by atoms with Crippen LogP contribution in [0.25, 0.3) is 0 Å². The number of benzene rings is 2. The molecule has 2 aromatic carbocycles. The molecule has 132 valence electrons. The topological polar surface area (TPSA) is 67.4 Å². The SMILES string of the molecule is CCN(c1ccccc1)c1cnc(C(=O)Nc2ccc(OC)cc2)cn1. The number of hydrogen-bond acceptors (Lipinski definition) is 5. The Kier molecular flexibility index (Phi) is 5.43. The predicted molar refractivity (Wildman–Crippen MR) is 102 cm³/mol. The molecule has 1 amide bonds. The third-order valence-corrected chi connectivity index (χ3v) is 3.88. The lowest BCUT2D eigenvalue weighted by atomic mass is 10.3. The van der Waals surface area contributed by atoms with Gasteiger partial charge in [-0.3, -0.25) is 4.79 Å².